The van der Waals surface area contributed by atoms with Gasteiger partial charge in [0.1, 0.15) is 22.8 Å². The zero-order valence-electron chi connectivity index (χ0n) is 18.8. The topological polar surface area (TPSA) is 90.0 Å². The molecule has 7 heteroatoms. The molecule has 4 aromatic rings. The van der Waals surface area contributed by atoms with Gasteiger partial charge in [-0.3, -0.25) is 9.59 Å². The number of esters is 1. The summed E-state index contributed by atoms with van der Waals surface area (Å²) in [6.07, 6.45) is 0. The van der Waals surface area contributed by atoms with Crippen LogP contribution in [0.25, 0.3) is 22.3 Å². The molecule has 0 radical (unpaired) electrons. The largest absolute Gasteiger partial charge is 0.465 e. The van der Waals surface area contributed by atoms with Crippen molar-refractivity contribution in [3.05, 3.63) is 93.0 Å². The molecule has 33 heavy (non-hydrogen) atoms. The summed E-state index contributed by atoms with van der Waals surface area (Å²) in [4.78, 5) is 39.6. The number of methoxy groups -OCH3 is 1. The van der Waals surface area contributed by atoms with Crippen molar-refractivity contribution in [2.75, 3.05) is 14.2 Å². The molecule has 0 bridgehead atoms. The summed E-state index contributed by atoms with van der Waals surface area (Å²) in [5, 5.41) is 0.341. The predicted molar refractivity (Wildman–Crippen MR) is 123 cm³/mol. The van der Waals surface area contributed by atoms with Gasteiger partial charge in [0.2, 0.25) is 0 Å². The molecule has 168 valence electrons. The van der Waals surface area contributed by atoms with Crippen LogP contribution in [0.2, 0.25) is 0 Å². The number of rotatable bonds is 5. The minimum Gasteiger partial charge on any atom is -0.465 e. The van der Waals surface area contributed by atoms with Crippen molar-refractivity contribution >= 4 is 22.8 Å². The lowest BCUT2D eigenvalue weighted by molar-refractivity contribution is 0.0598. The molecule has 0 aliphatic carbocycles. The lowest BCUT2D eigenvalue weighted by Crippen LogP contribution is -2.26. The van der Waals surface area contributed by atoms with Crippen LogP contribution in [0.5, 0.6) is 0 Å². The third kappa shape index (κ3) is 4.05. The van der Waals surface area contributed by atoms with Crippen molar-refractivity contribution in [3.8, 4) is 11.3 Å². The average Bonchev–Trinajstić information content (AvgIpc) is 3.20. The summed E-state index contributed by atoms with van der Waals surface area (Å²) in [6, 6.07) is 15.8. The van der Waals surface area contributed by atoms with Crippen LogP contribution < -0.4 is 5.43 Å². The summed E-state index contributed by atoms with van der Waals surface area (Å²) < 4.78 is 16.5. The second kappa shape index (κ2) is 8.78. The zero-order chi connectivity index (χ0) is 23.7. The number of furan rings is 1. The molecule has 0 spiro atoms. The Kier molecular flexibility index (Phi) is 5.87. The van der Waals surface area contributed by atoms with Crippen molar-refractivity contribution in [3.63, 3.8) is 0 Å². The highest BCUT2D eigenvalue weighted by atomic mass is 16.5. The molecule has 2 aromatic carbocycles. The molecular weight excluding hydrogens is 422 g/mol. The van der Waals surface area contributed by atoms with Gasteiger partial charge in [0, 0.05) is 18.2 Å². The third-order valence-electron chi connectivity index (χ3n) is 5.53. The van der Waals surface area contributed by atoms with Crippen molar-refractivity contribution in [1.82, 2.24) is 4.90 Å². The molecular formula is C26H23NO6. The lowest BCUT2D eigenvalue weighted by Gasteiger charge is -2.17. The van der Waals surface area contributed by atoms with Crippen molar-refractivity contribution in [1.29, 1.82) is 0 Å². The van der Waals surface area contributed by atoms with E-state index in [4.69, 9.17) is 13.6 Å². The Morgan fingerprint density at radius 3 is 2.39 bits per heavy atom. The van der Waals surface area contributed by atoms with Gasteiger partial charge in [-0.05, 0) is 32.0 Å². The number of aryl methyl sites for hydroxylation is 1. The molecule has 4 rings (SSSR count). The summed E-state index contributed by atoms with van der Waals surface area (Å²) >= 11 is 0. The lowest BCUT2D eigenvalue weighted by atomic mass is 10.0. The average molecular weight is 445 g/mol. The number of ether oxygens (including phenoxy) is 1. The van der Waals surface area contributed by atoms with E-state index in [2.05, 4.69) is 0 Å². The first-order valence-corrected chi connectivity index (χ1v) is 10.4. The first-order valence-electron chi connectivity index (χ1n) is 10.4. The third-order valence-corrected chi connectivity index (χ3v) is 5.53. The van der Waals surface area contributed by atoms with Crippen molar-refractivity contribution in [2.24, 2.45) is 0 Å². The number of para-hydroxylation sites is 1. The predicted octanol–water partition coefficient (Wildman–Crippen LogP) is 4.73. The van der Waals surface area contributed by atoms with Gasteiger partial charge in [-0.2, -0.15) is 0 Å². The molecule has 0 N–H and O–H groups in total. The fourth-order valence-corrected chi connectivity index (χ4v) is 3.79. The SMILES string of the molecule is COC(=O)c1cc(CN(C)C(=O)c2cccc3c(=O)c(C)c(-c4ccccc4)oc23)oc1C. The minimum absolute atomic E-state index is 0.120. The highest BCUT2D eigenvalue weighted by Crippen LogP contribution is 2.28. The van der Waals surface area contributed by atoms with E-state index in [9.17, 15) is 14.4 Å². The number of fused-ring (bicyclic) bond motifs is 1. The molecule has 0 fully saturated rings. The van der Waals surface area contributed by atoms with Gasteiger partial charge in [-0.1, -0.05) is 36.4 Å². The maximum atomic E-state index is 13.3. The fourth-order valence-electron chi connectivity index (χ4n) is 3.79. The summed E-state index contributed by atoms with van der Waals surface area (Å²) in [7, 11) is 2.91. The highest BCUT2D eigenvalue weighted by molar-refractivity contribution is 6.05. The summed E-state index contributed by atoms with van der Waals surface area (Å²) in [5.41, 5.74) is 1.86. The Hall–Kier alpha value is -4.13. The molecule has 0 aliphatic rings. The second-order valence-corrected chi connectivity index (χ2v) is 7.77. The fraction of sp³-hybridized carbons (Fsp3) is 0.192. The van der Waals surface area contributed by atoms with Crippen LogP contribution in [0.1, 0.15) is 37.8 Å². The molecule has 0 saturated heterocycles. The minimum atomic E-state index is -0.504. The van der Waals surface area contributed by atoms with E-state index in [-0.39, 0.29) is 29.0 Å². The van der Waals surface area contributed by atoms with Gasteiger partial charge in [0.05, 0.1) is 24.6 Å². The van der Waals surface area contributed by atoms with Crippen molar-refractivity contribution in [2.45, 2.75) is 20.4 Å². The van der Waals surface area contributed by atoms with Crippen LogP contribution in [0.4, 0.5) is 0 Å². The molecule has 2 aromatic heterocycles. The Morgan fingerprint density at radius 1 is 0.970 bits per heavy atom. The molecule has 2 heterocycles. The van der Waals surface area contributed by atoms with Gasteiger partial charge < -0.3 is 18.5 Å². The van der Waals surface area contributed by atoms with Crippen LogP contribution in [-0.4, -0.2) is 30.9 Å². The first kappa shape index (κ1) is 22.1. The molecule has 0 saturated carbocycles. The number of benzene rings is 2. The zero-order valence-corrected chi connectivity index (χ0v) is 18.8. The maximum Gasteiger partial charge on any atom is 0.341 e. The Morgan fingerprint density at radius 2 is 1.70 bits per heavy atom. The van der Waals surface area contributed by atoms with E-state index in [1.54, 1.807) is 45.2 Å². The van der Waals surface area contributed by atoms with E-state index in [1.165, 1.54) is 12.0 Å². The van der Waals surface area contributed by atoms with E-state index in [1.807, 2.05) is 30.3 Å². The Labute approximate surface area is 190 Å². The number of carbonyl (C=O) groups excluding carboxylic acids is 2. The van der Waals surface area contributed by atoms with Crippen LogP contribution in [-0.2, 0) is 11.3 Å². The van der Waals surface area contributed by atoms with Crippen LogP contribution in [0.3, 0.4) is 0 Å². The molecule has 0 atom stereocenters. The van der Waals surface area contributed by atoms with Crippen LogP contribution in [0, 0.1) is 13.8 Å². The smallest absolute Gasteiger partial charge is 0.341 e. The maximum absolute atomic E-state index is 13.3. The number of amides is 1. The monoisotopic (exact) mass is 445 g/mol. The van der Waals surface area contributed by atoms with Gasteiger partial charge >= 0.3 is 5.97 Å². The number of hydrogen-bond acceptors (Lipinski definition) is 6. The molecule has 1 amide bonds. The van der Waals surface area contributed by atoms with Gasteiger partial charge in [-0.15, -0.1) is 0 Å². The normalized spacial score (nSPS) is 10.9. The quantitative estimate of drug-likeness (QED) is 0.413. The van der Waals surface area contributed by atoms with Gasteiger partial charge in [-0.25, -0.2) is 4.79 Å². The molecule has 0 aliphatic heterocycles. The van der Waals surface area contributed by atoms with Gasteiger partial charge in [0.25, 0.3) is 5.91 Å². The number of nitrogens with zero attached hydrogens (tertiary/aromatic N) is 1. The van der Waals surface area contributed by atoms with E-state index >= 15 is 0 Å². The first-order chi connectivity index (χ1) is 15.8. The van der Waals surface area contributed by atoms with E-state index < -0.39 is 5.97 Å². The van der Waals surface area contributed by atoms with Gasteiger partial charge in [0.15, 0.2) is 11.0 Å². The van der Waals surface area contributed by atoms with Crippen molar-refractivity contribution < 1.29 is 23.2 Å². The Bertz CT molecular complexity index is 1410. The van der Waals surface area contributed by atoms with Crippen LogP contribution in [0.15, 0.2) is 68.2 Å². The second-order valence-electron chi connectivity index (χ2n) is 7.77. The van der Waals surface area contributed by atoms with E-state index in [0.29, 0.717) is 33.8 Å². The van der Waals surface area contributed by atoms with E-state index in [0.717, 1.165) is 5.56 Å². The molecule has 0 unspecified atom stereocenters. The summed E-state index contributed by atoms with van der Waals surface area (Å²) in [5.74, 6) is 0.430. The molecule has 7 nitrogen and oxygen atoms in total. The number of hydrogen-bond donors (Lipinski definition) is 0. The highest BCUT2D eigenvalue weighted by Gasteiger charge is 2.22. The Balaban J connectivity index is 1.73. The summed E-state index contributed by atoms with van der Waals surface area (Å²) in [6.45, 7) is 3.49. The number of carbonyl (C=O) groups is 2. The van der Waals surface area contributed by atoms with Crippen LogP contribution >= 0.6 is 0 Å². The standard InChI is InChI=1S/C26H23NO6/c1-15-22(28)19-11-8-12-20(24(19)33-23(15)17-9-6-5-7-10-17)25(29)27(3)14-18-13-21(16(2)32-18)26(30)31-4/h5-13H,14H2,1-4H3.